The van der Waals surface area contributed by atoms with Gasteiger partial charge in [-0.1, -0.05) is 30.3 Å². The Hall–Kier alpha value is -2.40. The molecule has 2 N–H and O–H groups in total. The average molecular weight is 282 g/mol. The molecule has 0 aliphatic carbocycles. The third kappa shape index (κ3) is 3.20. The van der Waals surface area contributed by atoms with Crippen molar-refractivity contribution in [3.63, 3.8) is 0 Å². The molecule has 5 heteroatoms. The van der Waals surface area contributed by atoms with Crippen LogP contribution in [0.15, 0.2) is 48.7 Å². The Bertz CT molecular complexity index is 709. The van der Waals surface area contributed by atoms with Gasteiger partial charge >= 0.3 is 0 Å². The van der Waals surface area contributed by atoms with Crippen LogP contribution in [0.5, 0.6) is 5.75 Å². The minimum Gasteiger partial charge on any atom is -0.485 e. The van der Waals surface area contributed by atoms with Gasteiger partial charge < -0.3 is 10.5 Å². The molecule has 0 atom stereocenters. The quantitative estimate of drug-likeness (QED) is 0.752. The molecule has 0 saturated carbocycles. The van der Waals surface area contributed by atoms with Crippen LogP contribution in [-0.2, 0) is 13.0 Å². The highest BCUT2D eigenvalue weighted by Crippen LogP contribution is 2.19. The molecule has 21 heavy (non-hydrogen) atoms. The van der Waals surface area contributed by atoms with Crippen molar-refractivity contribution >= 4 is 5.65 Å². The molecule has 0 aliphatic heterocycles. The Morgan fingerprint density at radius 1 is 1.10 bits per heavy atom. The van der Waals surface area contributed by atoms with Crippen LogP contribution >= 0.6 is 0 Å². The Kier molecular flexibility index (Phi) is 4.12. The second-order valence-electron chi connectivity index (χ2n) is 4.84. The van der Waals surface area contributed by atoms with Crippen molar-refractivity contribution in [3.05, 3.63) is 60.0 Å². The molecule has 0 bridgehead atoms. The molecule has 3 rings (SSSR count). The maximum atomic E-state index is 5.88. The molecule has 0 aliphatic rings. The minimum atomic E-state index is 0.519. The van der Waals surface area contributed by atoms with Crippen molar-refractivity contribution in [2.45, 2.75) is 19.4 Å². The molecule has 2 heterocycles. The third-order valence-corrected chi connectivity index (χ3v) is 3.21. The zero-order valence-electron chi connectivity index (χ0n) is 11.8. The Labute approximate surface area is 123 Å². The number of aryl methyl sites for hydroxylation is 1. The fourth-order valence-corrected chi connectivity index (χ4v) is 2.14. The highest BCUT2D eigenvalue weighted by atomic mass is 16.5. The predicted octanol–water partition coefficient (Wildman–Crippen LogP) is 2.20. The summed E-state index contributed by atoms with van der Waals surface area (Å²) in [6.07, 6.45) is 3.55. The summed E-state index contributed by atoms with van der Waals surface area (Å²) in [6.45, 7) is 1.17. The van der Waals surface area contributed by atoms with E-state index in [9.17, 15) is 0 Å². The van der Waals surface area contributed by atoms with Crippen LogP contribution in [0.1, 0.15) is 17.8 Å². The summed E-state index contributed by atoms with van der Waals surface area (Å²) in [5.74, 6) is 1.55. The van der Waals surface area contributed by atoms with E-state index >= 15 is 0 Å². The highest BCUT2D eigenvalue weighted by Gasteiger charge is 2.08. The summed E-state index contributed by atoms with van der Waals surface area (Å²) in [5.41, 5.74) is 7.40. The van der Waals surface area contributed by atoms with Crippen molar-refractivity contribution < 1.29 is 4.74 Å². The van der Waals surface area contributed by atoms with Gasteiger partial charge in [-0.15, -0.1) is 0 Å². The van der Waals surface area contributed by atoms with Gasteiger partial charge in [-0.3, -0.25) is 0 Å². The Morgan fingerprint density at radius 3 is 2.76 bits per heavy atom. The molecule has 0 spiro atoms. The van der Waals surface area contributed by atoms with Crippen molar-refractivity contribution in [1.82, 2.24) is 14.6 Å². The number of rotatable bonds is 6. The lowest BCUT2D eigenvalue weighted by Gasteiger charge is -2.06. The first-order valence-electron chi connectivity index (χ1n) is 7.08. The fraction of sp³-hybridized carbons (Fsp3) is 0.250. The third-order valence-electron chi connectivity index (χ3n) is 3.21. The van der Waals surface area contributed by atoms with Crippen molar-refractivity contribution in [3.8, 4) is 5.75 Å². The molecule has 3 aromatic rings. The number of aromatic nitrogens is 3. The summed E-state index contributed by atoms with van der Waals surface area (Å²) in [4.78, 5) is 4.53. The zero-order chi connectivity index (χ0) is 14.5. The van der Waals surface area contributed by atoms with Crippen LogP contribution < -0.4 is 10.5 Å². The van der Waals surface area contributed by atoms with Gasteiger partial charge in [-0.05, 0) is 30.7 Å². The minimum absolute atomic E-state index is 0.519. The summed E-state index contributed by atoms with van der Waals surface area (Å²) in [5, 5.41) is 4.44. The molecule has 108 valence electrons. The number of hydrogen-bond donors (Lipinski definition) is 1. The predicted molar refractivity (Wildman–Crippen MR) is 81.1 cm³/mol. The van der Waals surface area contributed by atoms with Gasteiger partial charge in [-0.2, -0.15) is 5.10 Å². The first-order valence-corrected chi connectivity index (χ1v) is 7.08. The first kappa shape index (κ1) is 13.6. The molecule has 0 unspecified atom stereocenters. The topological polar surface area (TPSA) is 65.4 Å². The molecule has 5 nitrogen and oxygen atoms in total. The van der Waals surface area contributed by atoms with E-state index in [-0.39, 0.29) is 0 Å². The number of nitrogens with zero attached hydrogens (tertiary/aromatic N) is 3. The van der Waals surface area contributed by atoms with E-state index in [1.165, 1.54) is 0 Å². The van der Waals surface area contributed by atoms with Crippen LogP contribution in [0, 0.1) is 0 Å². The lowest BCUT2D eigenvalue weighted by Crippen LogP contribution is -2.01. The number of hydrogen-bond acceptors (Lipinski definition) is 4. The standard InChI is InChI=1S/C16H18N4O/c17-10-4-9-15-18-16-14(8-5-11-20(16)19-15)21-12-13-6-2-1-3-7-13/h1-3,5-8,11H,4,9-10,12,17H2. The molecule has 0 saturated heterocycles. The average Bonchev–Trinajstić information content (AvgIpc) is 2.95. The summed E-state index contributed by atoms with van der Waals surface area (Å²) < 4.78 is 7.63. The normalized spacial score (nSPS) is 10.9. The largest absolute Gasteiger partial charge is 0.485 e. The molecule has 1 aromatic carbocycles. The molecule has 0 fully saturated rings. The van der Waals surface area contributed by atoms with E-state index < -0.39 is 0 Å². The maximum absolute atomic E-state index is 5.88. The van der Waals surface area contributed by atoms with Crippen LogP contribution in [0.2, 0.25) is 0 Å². The van der Waals surface area contributed by atoms with E-state index in [1.807, 2.05) is 48.7 Å². The van der Waals surface area contributed by atoms with Gasteiger partial charge in [0.25, 0.3) is 0 Å². The van der Waals surface area contributed by atoms with Gasteiger partial charge in [0.05, 0.1) is 0 Å². The van der Waals surface area contributed by atoms with E-state index in [2.05, 4.69) is 10.1 Å². The van der Waals surface area contributed by atoms with Crippen LogP contribution in [0.3, 0.4) is 0 Å². The molecule has 0 radical (unpaired) electrons. The second kappa shape index (κ2) is 6.37. The van der Waals surface area contributed by atoms with Crippen LogP contribution in [0.4, 0.5) is 0 Å². The number of ether oxygens (including phenoxy) is 1. The van der Waals surface area contributed by atoms with Gasteiger partial charge in [-0.25, -0.2) is 9.50 Å². The van der Waals surface area contributed by atoms with Crippen LogP contribution in [0.25, 0.3) is 5.65 Å². The summed E-state index contributed by atoms with van der Waals surface area (Å²) in [7, 11) is 0. The van der Waals surface area contributed by atoms with E-state index in [0.29, 0.717) is 13.2 Å². The van der Waals surface area contributed by atoms with Gasteiger partial charge in [0.2, 0.25) is 0 Å². The van der Waals surface area contributed by atoms with Crippen LogP contribution in [-0.4, -0.2) is 21.1 Å². The van der Waals surface area contributed by atoms with Gasteiger partial charge in [0.15, 0.2) is 17.2 Å². The maximum Gasteiger partial charge on any atom is 0.198 e. The molecule has 0 amide bonds. The number of fused-ring (bicyclic) bond motifs is 1. The van der Waals surface area contributed by atoms with Gasteiger partial charge in [0.1, 0.15) is 6.61 Å². The van der Waals surface area contributed by atoms with Crippen molar-refractivity contribution in [1.29, 1.82) is 0 Å². The SMILES string of the molecule is NCCCc1nc2c(OCc3ccccc3)cccn2n1. The first-order chi connectivity index (χ1) is 10.4. The van der Waals surface area contributed by atoms with E-state index in [1.54, 1.807) is 4.52 Å². The molecular weight excluding hydrogens is 264 g/mol. The number of benzene rings is 1. The summed E-state index contributed by atoms with van der Waals surface area (Å²) in [6, 6.07) is 13.9. The lowest BCUT2D eigenvalue weighted by atomic mass is 10.2. The lowest BCUT2D eigenvalue weighted by molar-refractivity contribution is 0.308. The number of nitrogens with two attached hydrogens (primary N) is 1. The Morgan fingerprint density at radius 2 is 1.95 bits per heavy atom. The van der Waals surface area contributed by atoms with E-state index in [4.69, 9.17) is 10.5 Å². The Balaban J connectivity index is 1.79. The fourth-order valence-electron chi connectivity index (χ4n) is 2.14. The highest BCUT2D eigenvalue weighted by molar-refractivity contribution is 5.52. The van der Waals surface area contributed by atoms with Gasteiger partial charge in [0, 0.05) is 12.6 Å². The van der Waals surface area contributed by atoms with Crippen molar-refractivity contribution in [2.75, 3.05) is 6.54 Å². The van der Waals surface area contributed by atoms with E-state index in [0.717, 1.165) is 35.6 Å². The van der Waals surface area contributed by atoms with Crippen molar-refractivity contribution in [2.24, 2.45) is 5.73 Å². The molecule has 2 aromatic heterocycles. The second-order valence-corrected chi connectivity index (χ2v) is 4.84. The zero-order valence-corrected chi connectivity index (χ0v) is 11.8. The molecular formula is C16H18N4O. The number of pyridine rings is 1. The smallest absolute Gasteiger partial charge is 0.198 e. The monoisotopic (exact) mass is 282 g/mol. The summed E-state index contributed by atoms with van der Waals surface area (Å²) >= 11 is 0.